The van der Waals surface area contributed by atoms with E-state index in [2.05, 4.69) is 25.9 Å². The van der Waals surface area contributed by atoms with Gasteiger partial charge in [-0.25, -0.2) is 9.37 Å². The SMILES string of the molecule is CC(=C(F)B1OC(C)(C)C(C)(C)O1)c1cc2cc(Br)cnc2[nH]1. The maximum atomic E-state index is 14.9. The largest absolute Gasteiger partial charge is 0.525 e. The Hall–Kier alpha value is -1.18. The normalized spacial score (nSPS) is 20.9. The van der Waals surface area contributed by atoms with Crippen molar-refractivity contribution in [3.8, 4) is 0 Å². The molecule has 0 bridgehead atoms. The standard InChI is InChI=1S/C16H19BBrFN2O2/c1-9(12-7-10-6-11(18)8-20-14(10)21-12)13(19)17-22-15(2,3)16(4,5)23-17/h6-8H,1-5H3,(H,20,21). The molecule has 0 unspecified atom stereocenters. The highest BCUT2D eigenvalue weighted by atomic mass is 79.9. The smallest absolute Gasteiger partial charge is 0.398 e. The summed E-state index contributed by atoms with van der Waals surface area (Å²) in [5, 5.41) is 0.912. The molecule has 0 radical (unpaired) electrons. The summed E-state index contributed by atoms with van der Waals surface area (Å²) < 4.78 is 27.3. The van der Waals surface area contributed by atoms with Gasteiger partial charge in [0.25, 0.3) is 0 Å². The van der Waals surface area contributed by atoms with Crippen molar-refractivity contribution in [2.45, 2.75) is 45.8 Å². The summed E-state index contributed by atoms with van der Waals surface area (Å²) in [6.45, 7) is 9.32. The zero-order valence-electron chi connectivity index (χ0n) is 13.8. The summed E-state index contributed by atoms with van der Waals surface area (Å²) in [7, 11) is -0.994. The van der Waals surface area contributed by atoms with Crippen molar-refractivity contribution in [2.24, 2.45) is 0 Å². The maximum absolute atomic E-state index is 14.9. The predicted molar refractivity (Wildman–Crippen MR) is 93.6 cm³/mol. The summed E-state index contributed by atoms with van der Waals surface area (Å²) in [5.74, 6) is 0. The van der Waals surface area contributed by atoms with Crippen molar-refractivity contribution >= 4 is 39.7 Å². The fourth-order valence-electron chi connectivity index (χ4n) is 2.44. The van der Waals surface area contributed by atoms with Crippen LogP contribution in [0.25, 0.3) is 16.6 Å². The number of nitrogens with one attached hydrogen (secondary N) is 1. The maximum Gasteiger partial charge on any atom is 0.525 e. The fraction of sp³-hybridized carbons (Fsp3) is 0.438. The van der Waals surface area contributed by atoms with Gasteiger partial charge in [0.15, 0.2) is 0 Å². The fourth-order valence-corrected chi connectivity index (χ4v) is 2.79. The molecule has 3 heterocycles. The first-order chi connectivity index (χ1) is 10.6. The number of aromatic nitrogens is 2. The Bertz CT molecular complexity index is 784. The highest BCUT2D eigenvalue weighted by Gasteiger charge is 2.53. The molecule has 0 amide bonds. The molecule has 2 aromatic heterocycles. The Balaban J connectivity index is 1.96. The molecule has 1 aliphatic rings. The van der Waals surface area contributed by atoms with E-state index < -0.39 is 24.0 Å². The lowest BCUT2D eigenvalue weighted by Gasteiger charge is -2.32. The van der Waals surface area contributed by atoms with E-state index in [-0.39, 0.29) is 0 Å². The van der Waals surface area contributed by atoms with E-state index in [9.17, 15) is 4.39 Å². The monoisotopic (exact) mass is 380 g/mol. The Labute approximate surface area is 143 Å². The number of fused-ring (bicyclic) bond motifs is 1. The third kappa shape index (κ3) is 2.86. The first-order valence-corrected chi connectivity index (χ1v) is 8.26. The van der Waals surface area contributed by atoms with Crippen LogP contribution in [-0.2, 0) is 9.31 Å². The van der Waals surface area contributed by atoms with E-state index >= 15 is 0 Å². The summed E-state index contributed by atoms with van der Waals surface area (Å²) in [6.07, 6.45) is 1.70. The molecule has 0 saturated carbocycles. The van der Waals surface area contributed by atoms with E-state index in [4.69, 9.17) is 9.31 Å². The van der Waals surface area contributed by atoms with Gasteiger partial charge in [-0.3, -0.25) is 0 Å². The van der Waals surface area contributed by atoms with Gasteiger partial charge < -0.3 is 14.3 Å². The van der Waals surface area contributed by atoms with Crippen LogP contribution in [0.4, 0.5) is 4.39 Å². The molecule has 0 aromatic carbocycles. The first kappa shape index (κ1) is 16.7. The van der Waals surface area contributed by atoms with E-state index in [0.29, 0.717) is 16.9 Å². The van der Waals surface area contributed by atoms with E-state index in [1.54, 1.807) is 13.1 Å². The lowest BCUT2D eigenvalue weighted by Crippen LogP contribution is -2.41. The summed E-state index contributed by atoms with van der Waals surface area (Å²) >= 11 is 3.38. The second kappa shape index (κ2) is 5.43. The van der Waals surface area contributed by atoms with Crippen LogP contribution in [0, 0.1) is 0 Å². The Morgan fingerprint density at radius 1 is 1.22 bits per heavy atom. The van der Waals surface area contributed by atoms with Crippen LogP contribution in [0.1, 0.15) is 40.3 Å². The summed E-state index contributed by atoms with van der Waals surface area (Å²) in [4.78, 5) is 7.40. The van der Waals surface area contributed by atoms with Crippen LogP contribution in [0.2, 0.25) is 0 Å². The van der Waals surface area contributed by atoms with Crippen molar-refractivity contribution in [2.75, 3.05) is 0 Å². The Morgan fingerprint density at radius 3 is 2.43 bits per heavy atom. The summed E-state index contributed by atoms with van der Waals surface area (Å²) in [5.41, 5.74) is 0.276. The molecular formula is C16H19BBrFN2O2. The molecule has 1 fully saturated rings. The molecule has 0 aliphatic carbocycles. The van der Waals surface area contributed by atoms with Gasteiger partial charge in [-0.1, -0.05) is 0 Å². The zero-order chi connectivity index (χ0) is 17.0. The minimum atomic E-state index is -0.994. The zero-order valence-corrected chi connectivity index (χ0v) is 15.4. The van der Waals surface area contributed by atoms with Crippen LogP contribution in [-0.4, -0.2) is 28.3 Å². The van der Waals surface area contributed by atoms with Gasteiger partial charge in [0.2, 0.25) is 0 Å². The number of halogens is 2. The average Bonchev–Trinajstić information content (AvgIpc) is 2.95. The molecular weight excluding hydrogens is 362 g/mol. The minimum Gasteiger partial charge on any atom is -0.398 e. The number of aromatic amines is 1. The lowest BCUT2D eigenvalue weighted by molar-refractivity contribution is 0.00578. The van der Waals surface area contributed by atoms with Crippen LogP contribution in [0.15, 0.2) is 28.5 Å². The Kier molecular flexibility index (Phi) is 3.94. The van der Waals surface area contributed by atoms with Crippen LogP contribution in [0.3, 0.4) is 0 Å². The van der Waals surface area contributed by atoms with Crippen molar-refractivity contribution in [1.82, 2.24) is 9.97 Å². The molecule has 23 heavy (non-hydrogen) atoms. The second-order valence-corrected chi connectivity index (χ2v) is 7.75. The highest BCUT2D eigenvalue weighted by molar-refractivity contribution is 9.10. The van der Waals surface area contributed by atoms with Gasteiger partial charge in [-0.2, -0.15) is 0 Å². The van der Waals surface area contributed by atoms with E-state index in [1.165, 1.54) is 0 Å². The van der Waals surface area contributed by atoms with Gasteiger partial charge in [0.05, 0.1) is 11.2 Å². The third-order valence-corrected chi connectivity index (χ3v) is 5.09. The number of hydrogen-bond donors (Lipinski definition) is 1. The van der Waals surface area contributed by atoms with E-state index in [1.807, 2.05) is 39.8 Å². The van der Waals surface area contributed by atoms with Crippen LogP contribution >= 0.6 is 15.9 Å². The van der Waals surface area contributed by atoms with Crippen molar-refractivity contribution in [3.63, 3.8) is 0 Å². The van der Waals surface area contributed by atoms with Crippen molar-refractivity contribution < 1.29 is 13.7 Å². The average molecular weight is 381 g/mol. The van der Waals surface area contributed by atoms with Crippen LogP contribution < -0.4 is 0 Å². The topological polar surface area (TPSA) is 47.1 Å². The third-order valence-electron chi connectivity index (χ3n) is 4.66. The quantitative estimate of drug-likeness (QED) is 0.771. The van der Waals surface area contributed by atoms with Crippen molar-refractivity contribution in [1.29, 1.82) is 0 Å². The number of allylic oxidation sites excluding steroid dienone is 1. The molecule has 4 nitrogen and oxygen atoms in total. The molecule has 7 heteroatoms. The van der Waals surface area contributed by atoms with E-state index in [0.717, 1.165) is 9.86 Å². The molecule has 122 valence electrons. The number of pyridine rings is 1. The molecule has 2 aromatic rings. The van der Waals surface area contributed by atoms with Gasteiger partial charge in [-0.15, -0.1) is 0 Å². The number of H-pyrrole nitrogens is 1. The summed E-state index contributed by atoms with van der Waals surface area (Å²) in [6, 6.07) is 3.80. The Morgan fingerprint density at radius 2 is 1.83 bits per heavy atom. The van der Waals surface area contributed by atoms with Gasteiger partial charge in [0, 0.05) is 27.3 Å². The predicted octanol–water partition coefficient (Wildman–Crippen LogP) is 4.66. The molecule has 1 aliphatic heterocycles. The molecule has 3 rings (SSSR count). The number of nitrogens with zero attached hydrogens (tertiary/aromatic N) is 1. The van der Waals surface area contributed by atoms with Gasteiger partial charge in [-0.05, 0) is 62.7 Å². The molecule has 1 N–H and O–H groups in total. The van der Waals surface area contributed by atoms with Crippen molar-refractivity contribution in [3.05, 3.63) is 34.2 Å². The number of hydrogen-bond acceptors (Lipinski definition) is 3. The minimum absolute atomic E-state index is 0.422. The molecule has 0 atom stereocenters. The second-order valence-electron chi connectivity index (χ2n) is 6.84. The van der Waals surface area contributed by atoms with Gasteiger partial charge in [0.1, 0.15) is 11.4 Å². The highest BCUT2D eigenvalue weighted by Crippen LogP contribution is 2.40. The van der Waals surface area contributed by atoms with Gasteiger partial charge >= 0.3 is 7.12 Å². The lowest BCUT2D eigenvalue weighted by atomic mass is 9.84. The molecule has 1 saturated heterocycles. The number of rotatable bonds is 2. The first-order valence-electron chi connectivity index (χ1n) is 7.47. The molecule has 0 spiro atoms. The van der Waals surface area contributed by atoms with Crippen LogP contribution in [0.5, 0.6) is 0 Å².